The number of allylic oxidation sites excluding steroid dienone is 2. The quantitative estimate of drug-likeness (QED) is 0.229. The van der Waals surface area contributed by atoms with E-state index in [-0.39, 0.29) is 24.9 Å². The second-order valence-corrected chi connectivity index (χ2v) is 10.1. The summed E-state index contributed by atoms with van der Waals surface area (Å²) in [5, 5.41) is 0. The van der Waals surface area contributed by atoms with Crippen molar-refractivity contribution >= 4 is 36.3 Å². The zero-order chi connectivity index (χ0) is 26.7. The Labute approximate surface area is 218 Å². The highest BCUT2D eigenvalue weighted by Gasteiger charge is 2.26. The van der Waals surface area contributed by atoms with Crippen LogP contribution in [0.3, 0.4) is 0 Å². The molecular weight excluding hydrogens is 481 g/mol. The molecular formula is C27H36FN3O4S. The summed E-state index contributed by atoms with van der Waals surface area (Å²) in [5.41, 5.74) is 1.81. The number of ether oxygens (including phenoxy) is 2. The van der Waals surface area contributed by atoms with Crippen LogP contribution >= 0.6 is 12.1 Å². The Kier molecular flexibility index (Phi) is 11.3. The highest BCUT2D eigenvalue weighted by atomic mass is 32.2. The monoisotopic (exact) mass is 517 g/mol. The number of nitrogens with zero attached hydrogens (tertiary/aromatic N) is 2. The maximum Gasteiger partial charge on any atom is 0.410 e. The van der Waals surface area contributed by atoms with Crippen LogP contribution in [0, 0.1) is 5.82 Å². The van der Waals surface area contributed by atoms with Crippen LogP contribution in [0.4, 0.5) is 14.9 Å². The van der Waals surface area contributed by atoms with Crippen molar-refractivity contribution in [2.75, 3.05) is 37.6 Å². The van der Waals surface area contributed by atoms with E-state index in [1.807, 2.05) is 26.8 Å². The number of halogens is 1. The average Bonchev–Trinajstić information content (AvgIpc) is 2.82. The summed E-state index contributed by atoms with van der Waals surface area (Å²) in [5.74, 6) is -0.192. The van der Waals surface area contributed by atoms with Crippen molar-refractivity contribution in [1.29, 1.82) is 0 Å². The van der Waals surface area contributed by atoms with E-state index in [1.165, 1.54) is 4.31 Å². The minimum atomic E-state index is -0.552. The molecule has 2 rings (SSSR count). The molecule has 1 N–H and O–H groups in total. The fourth-order valence-electron chi connectivity index (χ4n) is 3.53. The topological polar surface area (TPSA) is 71.1 Å². The van der Waals surface area contributed by atoms with Gasteiger partial charge in [-0.2, -0.15) is 0 Å². The molecule has 0 atom stereocenters. The van der Waals surface area contributed by atoms with E-state index in [9.17, 15) is 9.59 Å². The Morgan fingerprint density at radius 1 is 1.28 bits per heavy atom. The summed E-state index contributed by atoms with van der Waals surface area (Å²) < 4.78 is 31.6. The smallest absolute Gasteiger partial charge is 0.410 e. The lowest BCUT2D eigenvalue weighted by molar-refractivity contribution is -0.106. The van der Waals surface area contributed by atoms with Crippen LogP contribution in [-0.4, -0.2) is 56.2 Å². The Morgan fingerprint density at radius 3 is 2.53 bits per heavy atom. The van der Waals surface area contributed by atoms with E-state index >= 15 is 4.39 Å². The number of carbonyl (C=O) groups excluding carboxylic acids is 2. The molecule has 9 heteroatoms. The van der Waals surface area contributed by atoms with Crippen LogP contribution in [0.15, 0.2) is 54.7 Å². The second kappa shape index (κ2) is 13.9. The first-order valence-electron chi connectivity index (χ1n) is 11.7. The molecule has 0 spiro atoms. The molecule has 1 aromatic carbocycles. The highest BCUT2D eigenvalue weighted by molar-refractivity contribution is 7.98. The number of hydrogen-bond donors (Lipinski definition) is 1. The maximum absolute atomic E-state index is 15.9. The maximum atomic E-state index is 15.9. The highest BCUT2D eigenvalue weighted by Crippen LogP contribution is 2.37. The summed E-state index contributed by atoms with van der Waals surface area (Å²) in [6.45, 7) is 14.1. The molecule has 0 radical (unpaired) electrons. The molecule has 1 amide bonds. The van der Waals surface area contributed by atoms with Crippen LogP contribution in [0.1, 0.15) is 39.2 Å². The Morgan fingerprint density at radius 2 is 1.97 bits per heavy atom. The first kappa shape index (κ1) is 29.2. The average molecular weight is 518 g/mol. The van der Waals surface area contributed by atoms with Gasteiger partial charge in [0.2, 0.25) is 0 Å². The summed E-state index contributed by atoms with van der Waals surface area (Å²) in [4.78, 5) is 25.3. The minimum Gasteiger partial charge on any atom is -0.487 e. The van der Waals surface area contributed by atoms with Gasteiger partial charge in [-0.15, -0.1) is 0 Å². The molecule has 1 fully saturated rings. The molecule has 36 heavy (non-hydrogen) atoms. The lowest BCUT2D eigenvalue weighted by atomic mass is 10.0. The number of amides is 1. The van der Waals surface area contributed by atoms with E-state index in [0.717, 1.165) is 23.3 Å². The summed E-state index contributed by atoms with van der Waals surface area (Å²) in [7, 11) is 1.69. The lowest BCUT2D eigenvalue weighted by Gasteiger charge is -2.31. The van der Waals surface area contributed by atoms with Crippen molar-refractivity contribution in [3.05, 3.63) is 66.0 Å². The van der Waals surface area contributed by atoms with Gasteiger partial charge in [-0.25, -0.2) is 13.9 Å². The number of rotatable bonds is 11. The molecule has 1 heterocycles. The first-order valence-corrected chi connectivity index (χ1v) is 12.5. The van der Waals surface area contributed by atoms with Gasteiger partial charge < -0.3 is 19.2 Å². The van der Waals surface area contributed by atoms with Crippen molar-refractivity contribution in [3.8, 4) is 5.75 Å². The summed E-state index contributed by atoms with van der Waals surface area (Å²) >= 11 is 1.10. The Hall–Kier alpha value is -3.04. The molecule has 0 aliphatic carbocycles. The molecule has 1 aliphatic rings. The van der Waals surface area contributed by atoms with E-state index in [0.29, 0.717) is 43.5 Å². The van der Waals surface area contributed by atoms with Crippen molar-refractivity contribution in [1.82, 2.24) is 9.62 Å². The van der Waals surface area contributed by atoms with Crippen LogP contribution in [0.5, 0.6) is 5.75 Å². The van der Waals surface area contributed by atoms with Crippen molar-refractivity contribution in [3.63, 3.8) is 0 Å². The molecule has 1 saturated heterocycles. The van der Waals surface area contributed by atoms with E-state index < -0.39 is 11.4 Å². The van der Waals surface area contributed by atoms with Gasteiger partial charge in [-0.1, -0.05) is 43.0 Å². The molecule has 0 bridgehead atoms. The molecule has 7 nitrogen and oxygen atoms in total. The van der Waals surface area contributed by atoms with Crippen LogP contribution in [0.2, 0.25) is 0 Å². The third-order valence-electron chi connectivity index (χ3n) is 5.21. The molecule has 1 aliphatic heterocycles. The standard InChI is InChI=1S/C27H36FN3O4S/c1-7-9-20(8-2)19-34-23-11-10-22(24(28)25(23)31(16-17-32)36-29-6)18-21-12-14-30(15-13-21)26(33)35-27(3,4)5/h7-11,17-18,29H,1-2,12-16,19H2,3-6H3/b20-9+. The second-order valence-electron chi connectivity index (χ2n) is 9.08. The van der Waals surface area contributed by atoms with E-state index in [4.69, 9.17) is 9.47 Å². The number of carbonyl (C=O) groups is 2. The van der Waals surface area contributed by atoms with Crippen LogP contribution in [0.25, 0.3) is 6.08 Å². The molecule has 0 saturated carbocycles. The lowest BCUT2D eigenvalue weighted by Crippen LogP contribution is -2.40. The molecule has 1 aromatic rings. The van der Waals surface area contributed by atoms with Crippen LogP contribution < -0.4 is 13.8 Å². The minimum absolute atomic E-state index is 0.0412. The van der Waals surface area contributed by atoms with Crippen LogP contribution in [-0.2, 0) is 9.53 Å². The number of likely N-dealkylation sites (tertiary alicyclic amines) is 1. The number of benzene rings is 1. The van der Waals surface area contributed by atoms with Gasteiger partial charge in [0.05, 0.1) is 6.54 Å². The van der Waals surface area contributed by atoms with Gasteiger partial charge in [-0.05, 0) is 58.4 Å². The fraction of sp³-hybridized carbons (Fsp3) is 0.407. The third-order valence-corrected chi connectivity index (χ3v) is 5.94. The van der Waals surface area contributed by atoms with E-state index in [1.54, 1.807) is 42.3 Å². The summed E-state index contributed by atoms with van der Waals surface area (Å²) in [6, 6.07) is 3.36. The Balaban J connectivity index is 2.31. The van der Waals surface area contributed by atoms with Crippen molar-refractivity contribution in [2.45, 2.75) is 39.2 Å². The molecule has 196 valence electrons. The number of piperidine rings is 1. The number of hydrogen-bond acceptors (Lipinski definition) is 7. The fourth-order valence-corrected chi connectivity index (χ4v) is 4.15. The molecule has 0 unspecified atom stereocenters. The molecule has 0 aromatic heterocycles. The van der Waals surface area contributed by atoms with Gasteiger partial charge in [-0.3, -0.25) is 4.31 Å². The SMILES string of the molecule is C=C/C=C(\C=C)COc1ccc(C=C2CCN(C(=O)OC(C)(C)C)CC2)c(F)c1N(CC=O)SNC. The summed E-state index contributed by atoms with van der Waals surface area (Å²) in [6.07, 6.45) is 8.44. The Bertz CT molecular complexity index is 1010. The zero-order valence-electron chi connectivity index (χ0n) is 21.5. The van der Waals surface area contributed by atoms with Crippen molar-refractivity contribution in [2.24, 2.45) is 0 Å². The predicted molar refractivity (Wildman–Crippen MR) is 145 cm³/mol. The van der Waals surface area contributed by atoms with Gasteiger partial charge in [0.1, 0.15) is 29.9 Å². The van der Waals surface area contributed by atoms with Gasteiger partial charge in [0.15, 0.2) is 5.82 Å². The van der Waals surface area contributed by atoms with Crippen molar-refractivity contribution < 1.29 is 23.5 Å². The predicted octanol–water partition coefficient (Wildman–Crippen LogP) is 5.71. The van der Waals surface area contributed by atoms with Gasteiger partial charge in [0, 0.05) is 30.8 Å². The number of anilines is 1. The normalized spacial score (nSPS) is 14.2. The van der Waals surface area contributed by atoms with E-state index in [2.05, 4.69) is 17.9 Å². The largest absolute Gasteiger partial charge is 0.487 e. The number of aldehydes is 1. The van der Waals surface area contributed by atoms with Gasteiger partial charge in [0.25, 0.3) is 0 Å². The first-order chi connectivity index (χ1) is 17.1. The van der Waals surface area contributed by atoms with Gasteiger partial charge >= 0.3 is 6.09 Å². The third kappa shape index (κ3) is 8.57. The zero-order valence-corrected chi connectivity index (χ0v) is 22.3. The number of nitrogens with one attached hydrogen (secondary N) is 1.